The van der Waals surface area contributed by atoms with Crippen molar-refractivity contribution in [2.75, 3.05) is 9.96 Å². The number of carbonyl (C=O) groups excluding carboxylic acids is 2. The first-order valence-electron chi connectivity index (χ1n) is 9.62. The average molecular weight is 420 g/mol. The third-order valence-corrected chi connectivity index (χ3v) is 6.06. The van der Waals surface area contributed by atoms with Crippen LogP contribution in [0.4, 0.5) is 11.4 Å². The molecule has 2 aliphatic rings. The fourth-order valence-corrected chi connectivity index (χ4v) is 4.36. The van der Waals surface area contributed by atoms with E-state index >= 15 is 0 Å². The summed E-state index contributed by atoms with van der Waals surface area (Å²) in [6.07, 6.45) is 2.44. The molecule has 1 aromatic heterocycles. The van der Waals surface area contributed by atoms with Gasteiger partial charge in [-0.05, 0) is 54.4 Å². The maximum Gasteiger partial charge on any atom is 0.266 e. The lowest BCUT2D eigenvalue weighted by molar-refractivity contribution is -0.126. The molecule has 30 heavy (non-hydrogen) atoms. The number of rotatable bonds is 3. The largest absolute Gasteiger partial charge is 0.273 e. The minimum atomic E-state index is -0.908. The smallest absolute Gasteiger partial charge is 0.266 e. The van der Waals surface area contributed by atoms with Gasteiger partial charge in [0, 0.05) is 17.4 Å². The Morgan fingerprint density at radius 1 is 0.933 bits per heavy atom. The quantitative estimate of drug-likeness (QED) is 0.598. The molecule has 3 unspecified atom stereocenters. The van der Waals surface area contributed by atoms with Crippen LogP contribution >= 0.6 is 11.6 Å². The van der Waals surface area contributed by atoms with Crippen LogP contribution in [0.15, 0.2) is 73.1 Å². The molecule has 5 rings (SSSR count). The number of halogens is 1. The Balaban J connectivity index is 1.60. The van der Waals surface area contributed by atoms with E-state index in [9.17, 15) is 9.59 Å². The van der Waals surface area contributed by atoms with Gasteiger partial charge in [-0.1, -0.05) is 35.9 Å². The number of benzene rings is 2. The Hall–Kier alpha value is -3.22. The van der Waals surface area contributed by atoms with Crippen LogP contribution in [0.3, 0.4) is 0 Å². The molecule has 0 bridgehead atoms. The summed E-state index contributed by atoms with van der Waals surface area (Å²) in [6, 6.07) is 17.9. The van der Waals surface area contributed by atoms with Crippen LogP contribution in [0, 0.1) is 12.8 Å². The van der Waals surface area contributed by atoms with E-state index in [4.69, 9.17) is 16.4 Å². The normalized spacial score (nSPS) is 23.2. The van der Waals surface area contributed by atoms with Crippen LogP contribution in [0.25, 0.3) is 0 Å². The minimum Gasteiger partial charge on any atom is -0.273 e. The molecule has 3 heterocycles. The van der Waals surface area contributed by atoms with Crippen molar-refractivity contribution in [1.29, 1.82) is 0 Å². The van der Waals surface area contributed by atoms with E-state index in [1.807, 2.05) is 42.5 Å². The van der Waals surface area contributed by atoms with E-state index in [2.05, 4.69) is 4.98 Å². The SMILES string of the molecule is Cc1c(Cl)cccc1N1C(=O)C2ON(c3ccccc3)C(c3ccncc3)C2C1=O. The Morgan fingerprint density at radius 3 is 2.40 bits per heavy atom. The zero-order chi connectivity index (χ0) is 20.8. The Morgan fingerprint density at radius 2 is 1.67 bits per heavy atom. The van der Waals surface area contributed by atoms with E-state index < -0.39 is 18.1 Å². The van der Waals surface area contributed by atoms with Gasteiger partial charge in [0.25, 0.3) is 5.91 Å². The summed E-state index contributed by atoms with van der Waals surface area (Å²) in [4.78, 5) is 38.3. The Kier molecular flexibility index (Phi) is 4.53. The van der Waals surface area contributed by atoms with Crippen molar-refractivity contribution in [1.82, 2.24) is 4.98 Å². The molecule has 0 aliphatic carbocycles. The highest BCUT2D eigenvalue weighted by molar-refractivity contribution is 6.32. The first kappa shape index (κ1) is 18.8. The third kappa shape index (κ3) is 2.80. The molecule has 2 fully saturated rings. The highest BCUT2D eigenvalue weighted by Crippen LogP contribution is 2.48. The highest BCUT2D eigenvalue weighted by atomic mass is 35.5. The molecule has 6 nitrogen and oxygen atoms in total. The molecule has 0 radical (unpaired) electrons. The molecular formula is C23H18ClN3O3. The van der Waals surface area contributed by atoms with E-state index in [1.54, 1.807) is 42.6 Å². The summed E-state index contributed by atoms with van der Waals surface area (Å²) < 4.78 is 0. The van der Waals surface area contributed by atoms with Crippen LogP contribution in [0.2, 0.25) is 5.02 Å². The molecule has 3 aromatic rings. The van der Waals surface area contributed by atoms with Crippen LogP contribution < -0.4 is 9.96 Å². The lowest BCUT2D eigenvalue weighted by atomic mass is 9.91. The Bertz CT molecular complexity index is 1120. The van der Waals surface area contributed by atoms with E-state index in [-0.39, 0.29) is 11.8 Å². The van der Waals surface area contributed by atoms with Gasteiger partial charge in [-0.2, -0.15) is 0 Å². The van der Waals surface area contributed by atoms with Crippen molar-refractivity contribution in [3.05, 3.63) is 89.2 Å². The van der Waals surface area contributed by atoms with E-state index in [1.165, 1.54) is 4.90 Å². The number of aromatic nitrogens is 1. The third-order valence-electron chi connectivity index (χ3n) is 5.65. The maximum absolute atomic E-state index is 13.6. The number of fused-ring (bicyclic) bond motifs is 1. The average Bonchev–Trinajstić information content (AvgIpc) is 3.28. The molecule has 7 heteroatoms. The van der Waals surface area contributed by atoms with Gasteiger partial charge < -0.3 is 0 Å². The molecule has 3 atom stereocenters. The van der Waals surface area contributed by atoms with Crippen molar-refractivity contribution in [2.24, 2.45) is 5.92 Å². The second-order valence-corrected chi connectivity index (χ2v) is 7.74. The molecule has 2 aliphatic heterocycles. The van der Waals surface area contributed by atoms with Crippen molar-refractivity contribution in [3.63, 3.8) is 0 Å². The van der Waals surface area contributed by atoms with Crippen LogP contribution in [0.5, 0.6) is 0 Å². The maximum atomic E-state index is 13.6. The van der Waals surface area contributed by atoms with Gasteiger partial charge in [-0.25, -0.2) is 9.96 Å². The second-order valence-electron chi connectivity index (χ2n) is 7.33. The number of carbonyl (C=O) groups is 2. The zero-order valence-corrected chi connectivity index (χ0v) is 16.9. The van der Waals surface area contributed by atoms with Crippen molar-refractivity contribution >= 4 is 34.8 Å². The molecule has 0 spiro atoms. The standard InChI is InChI=1S/C23H18ClN3O3/c1-14-17(24)8-5-9-18(14)26-22(28)19-20(15-10-12-25-13-11-15)27(30-21(19)23(26)29)16-6-3-2-4-7-16/h2-13,19-21H,1H3. The summed E-state index contributed by atoms with van der Waals surface area (Å²) in [7, 11) is 0. The first-order chi connectivity index (χ1) is 14.6. The molecule has 0 N–H and O–H groups in total. The van der Waals surface area contributed by atoms with Gasteiger partial charge in [0.05, 0.1) is 17.4 Å². The topological polar surface area (TPSA) is 62.7 Å². The van der Waals surface area contributed by atoms with Crippen LogP contribution in [0.1, 0.15) is 17.2 Å². The molecule has 0 saturated carbocycles. The first-order valence-corrected chi connectivity index (χ1v) is 9.99. The summed E-state index contributed by atoms with van der Waals surface area (Å²) in [5.74, 6) is -1.36. The lowest BCUT2D eigenvalue weighted by Gasteiger charge is -2.29. The van der Waals surface area contributed by atoms with Gasteiger partial charge in [-0.15, -0.1) is 0 Å². The van der Waals surface area contributed by atoms with Gasteiger partial charge in [0.2, 0.25) is 5.91 Å². The number of imide groups is 1. The van der Waals surface area contributed by atoms with Crippen molar-refractivity contribution < 1.29 is 14.4 Å². The monoisotopic (exact) mass is 419 g/mol. The van der Waals surface area contributed by atoms with Gasteiger partial charge in [-0.3, -0.25) is 19.4 Å². The van der Waals surface area contributed by atoms with Gasteiger partial charge >= 0.3 is 0 Å². The lowest BCUT2D eigenvalue weighted by Crippen LogP contribution is -2.37. The van der Waals surface area contributed by atoms with Gasteiger partial charge in [0.1, 0.15) is 5.92 Å². The number of nitrogens with zero attached hydrogens (tertiary/aromatic N) is 3. The second kappa shape index (κ2) is 7.23. The summed E-state index contributed by atoms with van der Waals surface area (Å²) in [5, 5.41) is 2.17. The molecule has 2 aromatic carbocycles. The highest BCUT2D eigenvalue weighted by Gasteiger charge is 2.60. The number of hydroxylamine groups is 1. The van der Waals surface area contributed by atoms with Gasteiger partial charge in [0.15, 0.2) is 6.10 Å². The summed E-state index contributed by atoms with van der Waals surface area (Å²) in [5.41, 5.74) is 2.81. The van der Waals surface area contributed by atoms with Crippen LogP contribution in [-0.2, 0) is 14.4 Å². The number of hydrogen-bond donors (Lipinski definition) is 0. The van der Waals surface area contributed by atoms with E-state index in [0.717, 1.165) is 11.3 Å². The van der Waals surface area contributed by atoms with Crippen LogP contribution in [-0.4, -0.2) is 22.9 Å². The number of hydrogen-bond acceptors (Lipinski definition) is 5. The predicted molar refractivity (Wildman–Crippen MR) is 113 cm³/mol. The number of anilines is 2. The fraction of sp³-hybridized carbons (Fsp3) is 0.174. The zero-order valence-electron chi connectivity index (χ0n) is 16.1. The predicted octanol–water partition coefficient (Wildman–Crippen LogP) is 4.09. The summed E-state index contributed by atoms with van der Waals surface area (Å²) >= 11 is 6.24. The molecule has 2 saturated heterocycles. The molecular weight excluding hydrogens is 402 g/mol. The fourth-order valence-electron chi connectivity index (χ4n) is 4.19. The number of amides is 2. The number of para-hydroxylation sites is 1. The molecule has 2 amide bonds. The minimum absolute atomic E-state index is 0.296. The summed E-state index contributed by atoms with van der Waals surface area (Å²) in [6.45, 7) is 1.80. The van der Waals surface area contributed by atoms with Crippen molar-refractivity contribution in [3.8, 4) is 0 Å². The Labute approximate surface area is 178 Å². The molecule has 150 valence electrons. The van der Waals surface area contributed by atoms with E-state index in [0.29, 0.717) is 16.3 Å². The number of pyridine rings is 1. The van der Waals surface area contributed by atoms with Crippen molar-refractivity contribution in [2.45, 2.75) is 19.1 Å².